The first kappa shape index (κ1) is 13.0. The van der Waals surface area contributed by atoms with Crippen molar-refractivity contribution in [1.29, 1.82) is 0 Å². The number of rotatable bonds is 5. The van der Waals surface area contributed by atoms with E-state index in [4.69, 9.17) is 16.7 Å². The summed E-state index contributed by atoms with van der Waals surface area (Å²) >= 11 is 5.33. The maximum absolute atomic E-state index is 11.1. The van der Waals surface area contributed by atoms with Gasteiger partial charge in [0.1, 0.15) is 12.0 Å². The SMILES string of the molecule is O=C(CCl)NC(CO)C(O)c1ccccc1. The van der Waals surface area contributed by atoms with E-state index in [0.717, 1.165) is 0 Å². The molecule has 88 valence electrons. The van der Waals surface area contributed by atoms with Crippen molar-refractivity contribution in [3.8, 4) is 0 Å². The highest BCUT2D eigenvalue weighted by Gasteiger charge is 2.21. The van der Waals surface area contributed by atoms with Crippen molar-refractivity contribution in [2.24, 2.45) is 0 Å². The maximum Gasteiger partial charge on any atom is 0.235 e. The zero-order valence-corrected chi connectivity index (χ0v) is 9.39. The largest absolute Gasteiger partial charge is 0.394 e. The minimum absolute atomic E-state index is 0.196. The first-order chi connectivity index (χ1) is 7.69. The molecule has 0 fully saturated rings. The van der Waals surface area contributed by atoms with Crippen LogP contribution in [0, 0.1) is 0 Å². The number of benzene rings is 1. The lowest BCUT2D eigenvalue weighted by Gasteiger charge is -2.22. The third-order valence-corrected chi connectivity index (χ3v) is 2.43. The predicted octanol–water partition coefficient (Wildman–Crippen LogP) is 0.436. The third kappa shape index (κ3) is 3.48. The van der Waals surface area contributed by atoms with Gasteiger partial charge in [0.25, 0.3) is 0 Å². The normalized spacial score (nSPS) is 14.2. The molecule has 2 unspecified atom stereocenters. The summed E-state index contributed by atoms with van der Waals surface area (Å²) in [6.45, 7) is -0.349. The van der Waals surface area contributed by atoms with Crippen LogP contribution >= 0.6 is 11.6 Å². The Labute approximate surface area is 98.9 Å². The molecule has 0 bridgehead atoms. The lowest BCUT2D eigenvalue weighted by Crippen LogP contribution is -2.42. The van der Waals surface area contributed by atoms with Crippen LogP contribution in [0.1, 0.15) is 11.7 Å². The summed E-state index contributed by atoms with van der Waals surface area (Å²) in [6.07, 6.45) is -0.946. The van der Waals surface area contributed by atoms with E-state index in [-0.39, 0.29) is 12.5 Å². The Morgan fingerprint density at radius 1 is 1.38 bits per heavy atom. The van der Waals surface area contributed by atoms with Gasteiger partial charge in [-0.1, -0.05) is 30.3 Å². The molecule has 1 rings (SSSR count). The first-order valence-corrected chi connectivity index (χ1v) is 5.41. The molecule has 3 N–H and O–H groups in total. The molecular weight excluding hydrogens is 230 g/mol. The lowest BCUT2D eigenvalue weighted by molar-refractivity contribution is -0.120. The summed E-state index contributed by atoms with van der Waals surface area (Å²) in [5.74, 6) is -0.617. The summed E-state index contributed by atoms with van der Waals surface area (Å²) in [6, 6.07) is 8.07. The number of hydrogen-bond donors (Lipinski definition) is 3. The number of halogens is 1. The van der Waals surface area contributed by atoms with Crippen molar-refractivity contribution in [3.63, 3.8) is 0 Å². The van der Waals surface area contributed by atoms with Crippen LogP contribution in [0.25, 0.3) is 0 Å². The molecule has 0 aromatic heterocycles. The van der Waals surface area contributed by atoms with Crippen molar-refractivity contribution in [2.45, 2.75) is 12.1 Å². The molecule has 1 amide bonds. The quantitative estimate of drug-likeness (QED) is 0.657. The zero-order chi connectivity index (χ0) is 12.0. The highest BCUT2D eigenvalue weighted by atomic mass is 35.5. The minimum Gasteiger partial charge on any atom is -0.394 e. The van der Waals surface area contributed by atoms with Crippen LogP contribution in [0.4, 0.5) is 0 Å². The van der Waals surface area contributed by atoms with Gasteiger partial charge in [0.15, 0.2) is 0 Å². The monoisotopic (exact) mass is 243 g/mol. The van der Waals surface area contributed by atoms with E-state index in [2.05, 4.69) is 5.32 Å². The van der Waals surface area contributed by atoms with Crippen LogP contribution in [0.2, 0.25) is 0 Å². The molecule has 2 atom stereocenters. The molecule has 0 saturated heterocycles. The van der Waals surface area contributed by atoms with Crippen LogP contribution in [0.5, 0.6) is 0 Å². The molecular formula is C11H14ClNO3. The van der Waals surface area contributed by atoms with Gasteiger partial charge in [-0.25, -0.2) is 0 Å². The molecule has 0 spiro atoms. The van der Waals surface area contributed by atoms with E-state index in [9.17, 15) is 9.90 Å². The summed E-state index contributed by atoms with van der Waals surface area (Å²) in [7, 11) is 0. The molecule has 5 heteroatoms. The van der Waals surface area contributed by atoms with Crippen molar-refractivity contribution in [3.05, 3.63) is 35.9 Å². The Hall–Kier alpha value is -1.10. The van der Waals surface area contributed by atoms with E-state index in [1.165, 1.54) is 0 Å². The van der Waals surface area contributed by atoms with Crippen molar-refractivity contribution in [2.75, 3.05) is 12.5 Å². The second-order valence-electron chi connectivity index (χ2n) is 3.35. The van der Waals surface area contributed by atoms with E-state index in [1.54, 1.807) is 24.3 Å². The Morgan fingerprint density at radius 2 is 2.00 bits per heavy atom. The number of amides is 1. The maximum atomic E-state index is 11.1. The number of aliphatic hydroxyl groups is 2. The number of alkyl halides is 1. The van der Waals surface area contributed by atoms with Gasteiger partial charge in [0.2, 0.25) is 5.91 Å². The molecule has 0 saturated carbocycles. The number of carbonyl (C=O) groups excluding carboxylic acids is 1. The van der Waals surface area contributed by atoms with Crippen LogP contribution in [0.15, 0.2) is 30.3 Å². The second-order valence-corrected chi connectivity index (χ2v) is 3.61. The molecule has 0 aliphatic carbocycles. The van der Waals surface area contributed by atoms with Gasteiger partial charge in [-0.3, -0.25) is 4.79 Å². The van der Waals surface area contributed by atoms with E-state index in [1.807, 2.05) is 6.07 Å². The predicted molar refractivity (Wildman–Crippen MR) is 61.1 cm³/mol. The van der Waals surface area contributed by atoms with Gasteiger partial charge >= 0.3 is 0 Å². The second kappa shape index (κ2) is 6.48. The van der Waals surface area contributed by atoms with Crippen LogP contribution in [0.3, 0.4) is 0 Å². The standard InChI is InChI=1S/C11H14ClNO3/c12-6-10(15)13-9(7-14)11(16)8-4-2-1-3-5-8/h1-5,9,11,14,16H,6-7H2,(H,13,15). The average Bonchev–Trinajstić information content (AvgIpc) is 2.35. The van der Waals surface area contributed by atoms with Crippen molar-refractivity contribution < 1.29 is 15.0 Å². The Balaban J connectivity index is 2.70. The van der Waals surface area contributed by atoms with Crippen LogP contribution in [-0.4, -0.2) is 34.6 Å². The molecule has 1 aromatic carbocycles. The summed E-state index contributed by atoms with van der Waals surface area (Å²) in [5, 5.41) is 21.4. The zero-order valence-electron chi connectivity index (χ0n) is 8.64. The van der Waals surface area contributed by atoms with Gasteiger partial charge in [-0.05, 0) is 5.56 Å². The molecule has 0 radical (unpaired) electrons. The lowest BCUT2D eigenvalue weighted by atomic mass is 10.0. The topological polar surface area (TPSA) is 69.6 Å². The molecule has 16 heavy (non-hydrogen) atoms. The Kier molecular flexibility index (Phi) is 5.25. The highest BCUT2D eigenvalue weighted by Crippen LogP contribution is 2.16. The van der Waals surface area contributed by atoms with E-state index in [0.29, 0.717) is 5.56 Å². The summed E-state index contributed by atoms with van der Waals surface area (Å²) < 4.78 is 0. The van der Waals surface area contributed by atoms with E-state index < -0.39 is 18.1 Å². The molecule has 0 aliphatic heterocycles. The smallest absolute Gasteiger partial charge is 0.235 e. The van der Waals surface area contributed by atoms with Gasteiger partial charge in [-0.15, -0.1) is 11.6 Å². The number of hydrogen-bond acceptors (Lipinski definition) is 3. The highest BCUT2D eigenvalue weighted by molar-refractivity contribution is 6.27. The van der Waals surface area contributed by atoms with Crippen molar-refractivity contribution >= 4 is 17.5 Å². The van der Waals surface area contributed by atoms with Gasteiger partial charge in [0.05, 0.1) is 12.6 Å². The first-order valence-electron chi connectivity index (χ1n) is 4.88. The summed E-state index contributed by atoms with van der Waals surface area (Å²) in [4.78, 5) is 11.1. The fraction of sp³-hybridized carbons (Fsp3) is 0.364. The fourth-order valence-electron chi connectivity index (χ4n) is 1.35. The Morgan fingerprint density at radius 3 is 2.50 bits per heavy atom. The molecule has 4 nitrogen and oxygen atoms in total. The average molecular weight is 244 g/mol. The minimum atomic E-state index is -0.946. The Bertz CT molecular complexity index is 331. The number of aliphatic hydroxyl groups excluding tert-OH is 2. The van der Waals surface area contributed by atoms with Crippen molar-refractivity contribution in [1.82, 2.24) is 5.32 Å². The van der Waals surface area contributed by atoms with Crippen LogP contribution < -0.4 is 5.32 Å². The van der Waals surface area contributed by atoms with E-state index >= 15 is 0 Å². The molecule has 0 heterocycles. The number of carbonyl (C=O) groups is 1. The van der Waals surface area contributed by atoms with Gasteiger partial charge in [0, 0.05) is 0 Å². The third-order valence-electron chi connectivity index (χ3n) is 2.19. The summed E-state index contributed by atoms with van der Waals surface area (Å²) in [5.41, 5.74) is 0.636. The molecule has 0 aliphatic rings. The van der Waals surface area contributed by atoms with Gasteiger partial charge < -0.3 is 15.5 Å². The van der Waals surface area contributed by atoms with Gasteiger partial charge in [-0.2, -0.15) is 0 Å². The van der Waals surface area contributed by atoms with Crippen LogP contribution in [-0.2, 0) is 4.79 Å². The fourth-order valence-corrected chi connectivity index (χ4v) is 1.43. The number of nitrogens with one attached hydrogen (secondary N) is 1. The molecule has 1 aromatic rings.